The van der Waals surface area contributed by atoms with Crippen molar-refractivity contribution in [3.63, 3.8) is 0 Å². The van der Waals surface area contributed by atoms with Crippen molar-refractivity contribution in [2.45, 2.75) is 73.4 Å². The Kier molecular flexibility index (Phi) is 18.8. The third-order valence-electron chi connectivity index (χ3n) is 3.69. The summed E-state index contributed by atoms with van der Waals surface area (Å²) in [5.74, 6) is 0. The quantitative estimate of drug-likeness (QED) is 0.215. The minimum absolute atomic E-state index is 0. The first-order chi connectivity index (χ1) is 11.9. The first kappa shape index (κ1) is 27.6. The third-order valence-corrected chi connectivity index (χ3v) is 3.69. The van der Waals surface area contributed by atoms with E-state index in [-0.39, 0.29) is 35.6 Å². The molecule has 2 rings (SSSR count). The topological polar surface area (TPSA) is 15.6 Å². The molecule has 0 atom stereocenters. The molecule has 142 valence electrons. The molecular weight excluding hydrogens is 443 g/mol. The Morgan fingerprint density at radius 2 is 1.19 bits per heavy atom. The van der Waals surface area contributed by atoms with E-state index in [0.29, 0.717) is 12.1 Å². The summed E-state index contributed by atoms with van der Waals surface area (Å²) in [6, 6.07) is 17.7. The van der Waals surface area contributed by atoms with Crippen LogP contribution in [0, 0.1) is 35.6 Å². The number of aliphatic imine (C=N–C) groups is 1. The summed E-state index contributed by atoms with van der Waals surface area (Å²) in [6.45, 7) is 15.8. The maximum absolute atomic E-state index is 4.19. The average molecular weight is 480 g/mol. The van der Waals surface area contributed by atoms with Crippen molar-refractivity contribution < 1.29 is 35.6 Å². The van der Waals surface area contributed by atoms with Gasteiger partial charge in [-0.3, -0.25) is 6.34 Å². The zero-order chi connectivity index (χ0) is 19.1. The van der Waals surface area contributed by atoms with Crippen LogP contribution >= 0.6 is 0 Å². The minimum Gasteiger partial charge on any atom is -0.536 e. The van der Waals surface area contributed by atoms with E-state index < -0.39 is 0 Å². The van der Waals surface area contributed by atoms with Gasteiger partial charge >= 0.3 is 35.6 Å². The van der Waals surface area contributed by atoms with Crippen LogP contribution in [0.25, 0.3) is 0 Å². The Morgan fingerprint density at radius 3 is 1.38 bits per heavy atom. The molecule has 0 N–H and O–H groups in total. The van der Waals surface area contributed by atoms with Crippen LogP contribution in [0.3, 0.4) is 0 Å². The first-order valence-electron chi connectivity index (χ1n) is 9.57. The van der Waals surface area contributed by atoms with Gasteiger partial charge in [-0.2, -0.15) is 35.4 Å². The molecule has 0 aliphatic heterocycles. The molecule has 0 spiro atoms. The van der Waals surface area contributed by atoms with Gasteiger partial charge in [0.25, 0.3) is 0 Å². The Labute approximate surface area is 190 Å². The van der Waals surface area contributed by atoms with Gasteiger partial charge in [0.05, 0.1) is 0 Å². The molecule has 26 heavy (non-hydrogen) atoms. The van der Waals surface area contributed by atoms with E-state index in [1.54, 1.807) is 0 Å². The predicted octanol–water partition coefficient (Wildman–Crippen LogP) is 5.97. The summed E-state index contributed by atoms with van der Waals surface area (Å²) in [4.78, 5) is 6.29. The Hall–Kier alpha value is -0.635. The zero-order valence-electron chi connectivity index (χ0n) is 17.9. The van der Waals surface area contributed by atoms with Crippen molar-refractivity contribution in [1.29, 1.82) is 0 Å². The number of aryl methyl sites for hydroxylation is 2. The van der Waals surface area contributed by atoms with Gasteiger partial charge in [0, 0.05) is 6.04 Å². The molecule has 0 fully saturated rings. The van der Waals surface area contributed by atoms with E-state index in [1.807, 2.05) is 0 Å². The summed E-state index contributed by atoms with van der Waals surface area (Å²) in [5.41, 5.74) is 2.86. The third kappa shape index (κ3) is 14.5. The van der Waals surface area contributed by atoms with Crippen molar-refractivity contribution in [2.75, 3.05) is 6.54 Å². The first-order valence-corrected chi connectivity index (χ1v) is 9.57. The van der Waals surface area contributed by atoms with Crippen molar-refractivity contribution in [1.82, 2.24) is 4.90 Å². The fraction of sp³-hybridized carbons (Fsp3) is 0.522. The smallest absolute Gasteiger partial charge is 0.536 e. The number of hydrogen-bond acceptors (Lipinski definition) is 1. The number of hydrogen-bond donors (Lipinski definition) is 0. The Morgan fingerprint density at radius 1 is 0.808 bits per heavy atom. The van der Waals surface area contributed by atoms with Crippen LogP contribution in [-0.4, -0.2) is 29.9 Å². The minimum atomic E-state index is 0. The van der Waals surface area contributed by atoms with E-state index in [2.05, 4.69) is 113 Å². The van der Waals surface area contributed by atoms with Crippen LogP contribution in [0.1, 0.15) is 59.6 Å². The summed E-state index contributed by atoms with van der Waals surface area (Å²) < 4.78 is 0. The van der Waals surface area contributed by atoms with Gasteiger partial charge in [0.15, 0.2) is 0 Å². The Bertz CT molecular complexity index is 476. The second-order valence-electron chi connectivity index (χ2n) is 6.50. The summed E-state index contributed by atoms with van der Waals surface area (Å²) in [7, 11) is 0. The molecule has 2 aromatic carbocycles. The van der Waals surface area contributed by atoms with Crippen LogP contribution in [0.15, 0.2) is 53.5 Å². The van der Waals surface area contributed by atoms with Gasteiger partial charge in [0.1, 0.15) is 0 Å². The monoisotopic (exact) mass is 480 g/mol. The standard InChI is InChI=1S/C9H19N2.2C7H9.La/c1-6-11(9(4)5)7-10-8(2)3;2*1-2-7-5-3-4-6-7;/h8-9H,6H2,1-5H3;2*3-6H,2H2,1H3;/q3*-1;+3. The van der Waals surface area contributed by atoms with Gasteiger partial charge in [0.2, 0.25) is 0 Å². The van der Waals surface area contributed by atoms with Gasteiger partial charge in [-0.25, -0.2) is 24.3 Å². The molecule has 0 unspecified atom stereocenters. The summed E-state index contributed by atoms with van der Waals surface area (Å²) in [6.07, 6.45) is 5.35. The molecule has 0 saturated carbocycles. The van der Waals surface area contributed by atoms with Crippen LogP contribution in [0.2, 0.25) is 0 Å². The fourth-order valence-electron chi connectivity index (χ4n) is 2.04. The van der Waals surface area contributed by atoms with Crippen LogP contribution < -0.4 is 0 Å². The second-order valence-corrected chi connectivity index (χ2v) is 6.50. The van der Waals surface area contributed by atoms with E-state index in [1.165, 1.54) is 11.1 Å². The summed E-state index contributed by atoms with van der Waals surface area (Å²) in [5, 5.41) is 0. The van der Waals surface area contributed by atoms with Crippen LogP contribution in [0.4, 0.5) is 0 Å². The fourth-order valence-corrected chi connectivity index (χ4v) is 2.04. The van der Waals surface area contributed by atoms with Crippen molar-refractivity contribution >= 4 is 6.34 Å². The van der Waals surface area contributed by atoms with Crippen molar-refractivity contribution in [3.8, 4) is 0 Å². The van der Waals surface area contributed by atoms with E-state index in [4.69, 9.17) is 0 Å². The zero-order valence-corrected chi connectivity index (χ0v) is 21.5. The van der Waals surface area contributed by atoms with Crippen molar-refractivity contribution in [3.05, 3.63) is 59.7 Å². The van der Waals surface area contributed by atoms with E-state index in [9.17, 15) is 0 Å². The maximum atomic E-state index is 4.19. The number of nitrogens with zero attached hydrogens (tertiary/aromatic N) is 2. The van der Waals surface area contributed by atoms with Gasteiger partial charge in [-0.05, 0) is 40.3 Å². The molecular formula is C23H37LaN2. The van der Waals surface area contributed by atoms with E-state index in [0.717, 1.165) is 19.4 Å². The van der Waals surface area contributed by atoms with Crippen molar-refractivity contribution in [2.24, 2.45) is 4.99 Å². The largest absolute Gasteiger partial charge is 3.00 e. The molecule has 0 aromatic heterocycles. The van der Waals surface area contributed by atoms with Gasteiger partial charge < -0.3 is 9.89 Å². The van der Waals surface area contributed by atoms with Gasteiger partial charge in [-0.15, -0.1) is 0 Å². The predicted molar refractivity (Wildman–Crippen MR) is 113 cm³/mol. The Balaban J connectivity index is 0. The molecule has 0 saturated heterocycles. The molecule has 2 nitrogen and oxygen atoms in total. The molecule has 3 heteroatoms. The second kappa shape index (κ2) is 17.8. The average Bonchev–Trinajstić information content (AvgIpc) is 3.29. The molecule has 0 amide bonds. The maximum Gasteiger partial charge on any atom is 3.00 e. The van der Waals surface area contributed by atoms with E-state index >= 15 is 0 Å². The SMILES string of the molecule is CCN([C-]=NC(C)C)C(C)C.CC[c-]1cccc1.CC[c-]1cccc1.[La+3]. The molecule has 0 aliphatic rings. The molecule has 0 heterocycles. The van der Waals surface area contributed by atoms with Crippen LogP contribution in [-0.2, 0) is 12.8 Å². The molecule has 2 aromatic rings. The summed E-state index contributed by atoms with van der Waals surface area (Å²) >= 11 is 0. The molecule has 0 bridgehead atoms. The number of rotatable bonds is 6. The van der Waals surface area contributed by atoms with Gasteiger partial charge in [-0.1, -0.05) is 33.6 Å². The molecule has 0 aliphatic carbocycles. The molecule has 0 radical (unpaired) electrons. The van der Waals surface area contributed by atoms with Crippen LogP contribution in [0.5, 0.6) is 0 Å². The normalized spacial score (nSPS) is 10.0.